The summed E-state index contributed by atoms with van der Waals surface area (Å²) in [5, 5.41) is 7.30. The predicted octanol–water partition coefficient (Wildman–Crippen LogP) is 1.73. The van der Waals surface area contributed by atoms with E-state index in [2.05, 4.69) is 10.4 Å². The molecule has 0 aliphatic heterocycles. The Labute approximate surface area is 125 Å². The third-order valence-electron chi connectivity index (χ3n) is 3.29. The van der Waals surface area contributed by atoms with E-state index in [1.54, 1.807) is 6.20 Å². The summed E-state index contributed by atoms with van der Waals surface area (Å²) in [5.74, 6) is -0.0594. The Balaban J connectivity index is 2.18. The van der Waals surface area contributed by atoms with Gasteiger partial charge in [0.25, 0.3) is 5.91 Å². The van der Waals surface area contributed by atoms with Crippen LogP contribution in [0.25, 0.3) is 5.69 Å². The Hall–Kier alpha value is -2.14. The molecule has 0 saturated heterocycles. The van der Waals surface area contributed by atoms with E-state index in [0.717, 1.165) is 24.3 Å². The van der Waals surface area contributed by atoms with Crippen LogP contribution >= 0.6 is 0 Å². The lowest BCUT2D eigenvalue weighted by molar-refractivity contribution is 0.0950. The number of amides is 1. The van der Waals surface area contributed by atoms with Crippen molar-refractivity contribution in [1.82, 2.24) is 20.0 Å². The van der Waals surface area contributed by atoms with Gasteiger partial charge >= 0.3 is 0 Å². The average molecular weight is 286 g/mol. The van der Waals surface area contributed by atoms with Gasteiger partial charge in [0.15, 0.2) is 0 Å². The third-order valence-corrected chi connectivity index (χ3v) is 3.29. The van der Waals surface area contributed by atoms with E-state index in [0.29, 0.717) is 12.1 Å². The smallest absolute Gasteiger partial charge is 0.254 e. The van der Waals surface area contributed by atoms with E-state index in [4.69, 9.17) is 0 Å². The minimum absolute atomic E-state index is 0.0594. The van der Waals surface area contributed by atoms with Gasteiger partial charge in [-0.05, 0) is 32.6 Å². The first-order chi connectivity index (χ1) is 10.1. The fraction of sp³-hybridized carbons (Fsp3) is 0.375. The topological polar surface area (TPSA) is 50.2 Å². The highest BCUT2D eigenvalue weighted by atomic mass is 16.1. The van der Waals surface area contributed by atoms with E-state index in [-0.39, 0.29) is 5.91 Å². The second-order valence-corrected chi connectivity index (χ2v) is 5.17. The van der Waals surface area contributed by atoms with Crippen molar-refractivity contribution in [2.24, 2.45) is 0 Å². The van der Waals surface area contributed by atoms with Crippen LogP contribution in [-0.4, -0.2) is 47.8 Å². The molecule has 0 bridgehead atoms. The first-order valence-electron chi connectivity index (χ1n) is 7.18. The molecule has 2 rings (SSSR count). The summed E-state index contributed by atoms with van der Waals surface area (Å²) in [7, 11) is 3.97. The first-order valence-corrected chi connectivity index (χ1v) is 7.18. The number of likely N-dealkylation sites (N-methyl/N-ethyl adjacent to an activating group) is 1. The number of carbonyl (C=O) groups excluding carboxylic acids is 1. The largest absolute Gasteiger partial charge is 0.351 e. The van der Waals surface area contributed by atoms with Crippen LogP contribution in [0.2, 0.25) is 0 Å². The van der Waals surface area contributed by atoms with Crippen molar-refractivity contribution in [2.75, 3.05) is 27.2 Å². The second-order valence-electron chi connectivity index (χ2n) is 5.17. The molecule has 0 spiro atoms. The normalized spacial score (nSPS) is 10.9. The molecule has 0 aliphatic rings. The Morgan fingerprint density at radius 3 is 2.62 bits per heavy atom. The summed E-state index contributed by atoms with van der Waals surface area (Å²) < 4.78 is 1.83. The number of benzene rings is 1. The molecule has 1 heterocycles. The Morgan fingerprint density at radius 1 is 1.29 bits per heavy atom. The summed E-state index contributed by atoms with van der Waals surface area (Å²) in [5.41, 5.74) is 2.56. The predicted molar refractivity (Wildman–Crippen MR) is 83.8 cm³/mol. The lowest BCUT2D eigenvalue weighted by Crippen LogP contribution is -2.31. The maximum absolute atomic E-state index is 12.3. The maximum atomic E-state index is 12.3. The van der Waals surface area contributed by atoms with Gasteiger partial charge in [0.2, 0.25) is 0 Å². The highest BCUT2D eigenvalue weighted by molar-refractivity contribution is 5.95. The number of para-hydroxylation sites is 1. The molecule has 0 radical (unpaired) electrons. The van der Waals surface area contributed by atoms with Gasteiger partial charge in [0.05, 0.1) is 23.1 Å². The van der Waals surface area contributed by atoms with E-state index in [1.165, 1.54) is 0 Å². The lowest BCUT2D eigenvalue weighted by Gasteiger charge is -2.11. The zero-order valence-corrected chi connectivity index (χ0v) is 12.8. The van der Waals surface area contributed by atoms with Gasteiger partial charge in [-0.15, -0.1) is 0 Å². The number of nitrogens with one attached hydrogen (secondary N) is 1. The molecule has 0 unspecified atom stereocenters. The van der Waals surface area contributed by atoms with Crippen LogP contribution in [0.4, 0.5) is 0 Å². The van der Waals surface area contributed by atoms with Gasteiger partial charge < -0.3 is 10.2 Å². The Kier molecular flexibility index (Phi) is 5.11. The van der Waals surface area contributed by atoms with Crippen molar-refractivity contribution >= 4 is 5.91 Å². The van der Waals surface area contributed by atoms with Crippen LogP contribution in [0.3, 0.4) is 0 Å². The van der Waals surface area contributed by atoms with Crippen LogP contribution in [0, 0.1) is 0 Å². The minimum Gasteiger partial charge on any atom is -0.351 e. The molecule has 1 aromatic carbocycles. The van der Waals surface area contributed by atoms with Gasteiger partial charge in [-0.2, -0.15) is 5.10 Å². The van der Waals surface area contributed by atoms with Crippen molar-refractivity contribution < 1.29 is 4.79 Å². The van der Waals surface area contributed by atoms with Gasteiger partial charge in [-0.3, -0.25) is 4.79 Å². The number of carbonyl (C=O) groups is 1. The van der Waals surface area contributed by atoms with Gasteiger partial charge in [-0.1, -0.05) is 25.1 Å². The molecule has 5 nitrogen and oxygen atoms in total. The van der Waals surface area contributed by atoms with E-state index >= 15 is 0 Å². The van der Waals surface area contributed by atoms with Gasteiger partial charge in [0, 0.05) is 13.1 Å². The highest BCUT2D eigenvalue weighted by Gasteiger charge is 2.16. The summed E-state index contributed by atoms with van der Waals surface area (Å²) in [4.78, 5) is 14.3. The molecule has 0 fully saturated rings. The molecular formula is C16H22N4O. The molecule has 0 aliphatic carbocycles. The quantitative estimate of drug-likeness (QED) is 0.880. The van der Waals surface area contributed by atoms with Crippen molar-refractivity contribution in [3.63, 3.8) is 0 Å². The molecule has 2 aromatic rings. The molecule has 112 valence electrons. The SMILES string of the molecule is CCc1c(C(=O)NCCN(C)C)cnn1-c1ccccc1. The Bertz CT molecular complexity index is 590. The Morgan fingerprint density at radius 2 is 2.00 bits per heavy atom. The number of hydrogen-bond acceptors (Lipinski definition) is 3. The molecule has 1 aromatic heterocycles. The fourth-order valence-corrected chi connectivity index (χ4v) is 2.18. The maximum Gasteiger partial charge on any atom is 0.254 e. The van der Waals surface area contributed by atoms with E-state index in [1.807, 2.05) is 60.9 Å². The summed E-state index contributed by atoms with van der Waals surface area (Å²) in [6.45, 7) is 3.48. The molecule has 1 amide bonds. The van der Waals surface area contributed by atoms with Gasteiger partial charge in [0.1, 0.15) is 0 Å². The van der Waals surface area contributed by atoms with Crippen LogP contribution in [0.1, 0.15) is 23.0 Å². The van der Waals surface area contributed by atoms with Crippen LogP contribution in [0.15, 0.2) is 36.5 Å². The summed E-state index contributed by atoms with van der Waals surface area (Å²) >= 11 is 0. The number of aromatic nitrogens is 2. The zero-order chi connectivity index (χ0) is 15.2. The second kappa shape index (κ2) is 7.04. The number of hydrogen-bond donors (Lipinski definition) is 1. The highest BCUT2D eigenvalue weighted by Crippen LogP contribution is 2.15. The molecular weight excluding hydrogens is 264 g/mol. The van der Waals surface area contributed by atoms with E-state index < -0.39 is 0 Å². The molecule has 0 atom stereocenters. The van der Waals surface area contributed by atoms with Crippen LogP contribution in [0.5, 0.6) is 0 Å². The van der Waals surface area contributed by atoms with Crippen molar-refractivity contribution in [1.29, 1.82) is 0 Å². The zero-order valence-electron chi connectivity index (χ0n) is 12.8. The van der Waals surface area contributed by atoms with Crippen LogP contribution < -0.4 is 5.32 Å². The van der Waals surface area contributed by atoms with E-state index in [9.17, 15) is 4.79 Å². The molecule has 1 N–H and O–H groups in total. The number of rotatable bonds is 6. The lowest BCUT2D eigenvalue weighted by atomic mass is 10.2. The molecule has 5 heteroatoms. The van der Waals surface area contributed by atoms with Crippen molar-refractivity contribution in [3.05, 3.63) is 47.8 Å². The van der Waals surface area contributed by atoms with Gasteiger partial charge in [-0.25, -0.2) is 4.68 Å². The first kappa shape index (κ1) is 15.3. The molecule has 0 saturated carbocycles. The van der Waals surface area contributed by atoms with Crippen LogP contribution in [-0.2, 0) is 6.42 Å². The fourth-order valence-electron chi connectivity index (χ4n) is 2.18. The van der Waals surface area contributed by atoms with Crippen molar-refractivity contribution in [2.45, 2.75) is 13.3 Å². The third kappa shape index (κ3) is 3.70. The monoisotopic (exact) mass is 286 g/mol. The number of nitrogens with zero attached hydrogens (tertiary/aromatic N) is 3. The summed E-state index contributed by atoms with van der Waals surface area (Å²) in [6.07, 6.45) is 2.40. The molecule has 21 heavy (non-hydrogen) atoms. The average Bonchev–Trinajstić information content (AvgIpc) is 2.91. The van der Waals surface area contributed by atoms with Crippen molar-refractivity contribution in [3.8, 4) is 5.69 Å². The standard InChI is InChI=1S/C16H22N4O/c1-4-15-14(16(21)17-10-11-19(2)3)12-18-20(15)13-8-6-5-7-9-13/h5-9,12H,4,10-11H2,1-3H3,(H,17,21). The minimum atomic E-state index is -0.0594. The summed E-state index contributed by atoms with van der Waals surface area (Å²) in [6, 6.07) is 9.87.